The molecule has 132 valence electrons. The number of amidine groups is 1. The van der Waals surface area contributed by atoms with Crippen LogP contribution in [0.2, 0.25) is 0 Å². The molecule has 0 unspecified atom stereocenters. The van der Waals surface area contributed by atoms with E-state index >= 15 is 0 Å². The van der Waals surface area contributed by atoms with Gasteiger partial charge in [-0.2, -0.15) is 4.99 Å². The topological polar surface area (TPSA) is 113 Å². The fourth-order valence-corrected chi connectivity index (χ4v) is 2.38. The smallest absolute Gasteiger partial charge is 0.286 e. The van der Waals surface area contributed by atoms with E-state index in [0.29, 0.717) is 11.6 Å². The third kappa shape index (κ3) is 3.75. The largest absolute Gasteiger partial charge is 0.480 e. The van der Waals surface area contributed by atoms with E-state index in [9.17, 15) is 4.79 Å². The van der Waals surface area contributed by atoms with Gasteiger partial charge in [0.2, 0.25) is 5.88 Å². The Labute approximate surface area is 149 Å². The molecule has 0 amide bonds. The molecule has 0 atom stereocenters. The standard InChI is InChI=1S/C18H17N5O3/c1-25-17-10-21-15(9-22-17)16(24)7-11-6-12-13(20-8-11)4-3-5-14(12)23-18(19)26-2/h3-6,8-10H,7H2,1-2H3,(H2,19,23). The summed E-state index contributed by atoms with van der Waals surface area (Å²) in [5, 5.41) is 0.776. The van der Waals surface area contributed by atoms with Crippen molar-refractivity contribution < 1.29 is 14.3 Å². The van der Waals surface area contributed by atoms with Crippen molar-refractivity contribution in [3.05, 3.63) is 54.1 Å². The molecular formula is C18H17N5O3. The summed E-state index contributed by atoms with van der Waals surface area (Å²) in [5.41, 5.74) is 8.01. The van der Waals surface area contributed by atoms with Gasteiger partial charge in [-0.05, 0) is 23.8 Å². The zero-order chi connectivity index (χ0) is 18.5. The number of pyridine rings is 1. The predicted molar refractivity (Wildman–Crippen MR) is 96.7 cm³/mol. The number of ketones is 1. The van der Waals surface area contributed by atoms with Crippen molar-refractivity contribution in [3.63, 3.8) is 0 Å². The fraction of sp³-hybridized carbons (Fsp3) is 0.167. The Morgan fingerprint density at radius 3 is 2.69 bits per heavy atom. The number of hydrogen-bond donors (Lipinski definition) is 1. The van der Waals surface area contributed by atoms with Crippen molar-refractivity contribution in [1.29, 1.82) is 0 Å². The number of ether oxygens (including phenoxy) is 2. The maximum absolute atomic E-state index is 12.4. The summed E-state index contributed by atoms with van der Waals surface area (Å²) >= 11 is 0. The van der Waals surface area contributed by atoms with Crippen LogP contribution >= 0.6 is 0 Å². The summed E-state index contributed by atoms with van der Waals surface area (Å²) in [4.78, 5) is 29.1. The molecule has 8 nitrogen and oxygen atoms in total. The minimum absolute atomic E-state index is 0.0486. The molecule has 0 saturated heterocycles. The molecule has 3 aromatic rings. The summed E-state index contributed by atoms with van der Waals surface area (Å²) in [6, 6.07) is 7.40. The van der Waals surface area contributed by atoms with Crippen LogP contribution in [0, 0.1) is 0 Å². The van der Waals surface area contributed by atoms with Gasteiger partial charge in [0, 0.05) is 18.0 Å². The third-order valence-corrected chi connectivity index (χ3v) is 3.69. The number of methoxy groups -OCH3 is 2. The highest BCUT2D eigenvalue weighted by Crippen LogP contribution is 2.26. The lowest BCUT2D eigenvalue weighted by Crippen LogP contribution is -2.12. The quantitative estimate of drug-likeness (QED) is 0.425. The van der Waals surface area contributed by atoms with E-state index in [1.54, 1.807) is 12.3 Å². The first-order valence-electron chi connectivity index (χ1n) is 7.75. The number of Topliss-reactive ketones (excluding diaryl/α,β-unsaturated/α-hetero) is 1. The van der Waals surface area contributed by atoms with Crippen LogP contribution in [0.1, 0.15) is 16.1 Å². The van der Waals surface area contributed by atoms with Crippen molar-refractivity contribution in [2.24, 2.45) is 10.7 Å². The Kier molecular flexibility index (Phi) is 5.02. The zero-order valence-electron chi connectivity index (χ0n) is 14.3. The van der Waals surface area contributed by atoms with Gasteiger partial charge in [0.1, 0.15) is 5.69 Å². The van der Waals surface area contributed by atoms with Crippen LogP contribution < -0.4 is 10.5 Å². The Bertz CT molecular complexity index is 970. The molecule has 0 aliphatic carbocycles. The van der Waals surface area contributed by atoms with E-state index in [0.717, 1.165) is 16.5 Å². The van der Waals surface area contributed by atoms with Gasteiger partial charge in [0.25, 0.3) is 6.02 Å². The van der Waals surface area contributed by atoms with Crippen LogP contribution in [0.25, 0.3) is 10.9 Å². The van der Waals surface area contributed by atoms with Crippen LogP contribution in [-0.2, 0) is 11.2 Å². The first-order chi connectivity index (χ1) is 12.6. The number of benzene rings is 1. The van der Waals surface area contributed by atoms with E-state index in [-0.39, 0.29) is 23.9 Å². The number of nitrogens with zero attached hydrogens (tertiary/aromatic N) is 4. The van der Waals surface area contributed by atoms with E-state index in [1.807, 2.05) is 18.2 Å². The molecule has 2 heterocycles. The number of rotatable bonds is 5. The number of fused-ring (bicyclic) bond motifs is 1. The highest BCUT2D eigenvalue weighted by Gasteiger charge is 2.11. The molecule has 0 radical (unpaired) electrons. The molecule has 8 heteroatoms. The van der Waals surface area contributed by atoms with Crippen LogP contribution in [0.5, 0.6) is 5.88 Å². The van der Waals surface area contributed by atoms with Crippen LogP contribution in [0.3, 0.4) is 0 Å². The second-order valence-electron chi connectivity index (χ2n) is 5.39. The van der Waals surface area contributed by atoms with E-state index < -0.39 is 0 Å². The molecular weight excluding hydrogens is 334 g/mol. The predicted octanol–water partition coefficient (Wildman–Crippen LogP) is 2.05. The first kappa shape index (κ1) is 17.3. The first-order valence-corrected chi connectivity index (χ1v) is 7.75. The number of hydrogen-bond acceptors (Lipinski definition) is 7. The second-order valence-corrected chi connectivity index (χ2v) is 5.39. The van der Waals surface area contributed by atoms with Gasteiger partial charge in [-0.3, -0.25) is 9.78 Å². The number of carbonyl (C=O) groups is 1. The summed E-state index contributed by atoms with van der Waals surface area (Å²) in [6.07, 6.45) is 4.60. The number of nitrogens with two attached hydrogens (primary N) is 1. The second kappa shape index (κ2) is 7.56. The Balaban J connectivity index is 1.90. The molecule has 2 aromatic heterocycles. The molecule has 2 N–H and O–H groups in total. The lowest BCUT2D eigenvalue weighted by Gasteiger charge is -2.06. The summed E-state index contributed by atoms with van der Waals surface area (Å²) in [6.45, 7) is 0. The molecule has 0 spiro atoms. The van der Waals surface area contributed by atoms with Gasteiger partial charge in [0.05, 0.1) is 37.8 Å². The van der Waals surface area contributed by atoms with E-state index in [4.69, 9.17) is 15.2 Å². The summed E-state index contributed by atoms with van der Waals surface area (Å²) in [5.74, 6) is 0.186. The lowest BCUT2D eigenvalue weighted by atomic mass is 10.1. The molecule has 26 heavy (non-hydrogen) atoms. The minimum atomic E-state index is -0.168. The van der Waals surface area contributed by atoms with Gasteiger partial charge in [-0.25, -0.2) is 9.97 Å². The average molecular weight is 351 g/mol. The van der Waals surface area contributed by atoms with Crippen molar-refractivity contribution >= 4 is 28.4 Å². The molecule has 0 aliphatic heterocycles. The SMILES string of the molecule is COC(N)=Nc1cccc2ncc(CC(=O)c3cnc(OC)cn3)cc12. The van der Waals surface area contributed by atoms with Crippen LogP contribution in [0.15, 0.2) is 47.8 Å². The highest BCUT2D eigenvalue weighted by atomic mass is 16.5. The lowest BCUT2D eigenvalue weighted by molar-refractivity contribution is 0.0987. The van der Waals surface area contributed by atoms with Crippen molar-refractivity contribution in [3.8, 4) is 5.88 Å². The molecule has 0 saturated carbocycles. The number of aromatic nitrogens is 3. The highest BCUT2D eigenvalue weighted by molar-refractivity contribution is 5.97. The third-order valence-electron chi connectivity index (χ3n) is 3.69. The normalized spacial score (nSPS) is 11.4. The Morgan fingerprint density at radius 2 is 2.00 bits per heavy atom. The minimum Gasteiger partial charge on any atom is -0.480 e. The number of aliphatic imine (C=N–C) groups is 1. The average Bonchev–Trinajstić information content (AvgIpc) is 2.68. The van der Waals surface area contributed by atoms with E-state index in [2.05, 4.69) is 19.9 Å². The van der Waals surface area contributed by atoms with Gasteiger partial charge >= 0.3 is 0 Å². The maximum Gasteiger partial charge on any atom is 0.286 e. The van der Waals surface area contributed by atoms with Crippen molar-refractivity contribution in [2.45, 2.75) is 6.42 Å². The summed E-state index contributed by atoms with van der Waals surface area (Å²) < 4.78 is 9.84. The van der Waals surface area contributed by atoms with Crippen molar-refractivity contribution in [2.75, 3.05) is 14.2 Å². The Hall–Kier alpha value is -3.55. The summed E-state index contributed by atoms with van der Waals surface area (Å²) in [7, 11) is 2.94. The van der Waals surface area contributed by atoms with Gasteiger partial charge in [0.15, 0.2) is 5.78 Å². The maximum atomic E-state index is 12.4. The van der Waals surface area contributed by atoms with Gasteiger partial charge in [-0.1, -0.05) is 6.07 Å². The monoisotopic (exact) mass is 351 g/mol. The van der Waals surface area contributed by atoms with Gasteiger partial charge < -0.3 is 15.2 Å². The molecule has 0 bridgehead atoms. The van der Waals surface area contributed by atoms with Gasteiger partial charge in [-0.15, -0.1) is 0 Å². The zero-order valence-corrected chi connectivity index (χ0v) is 14.3. The molecule has 3 rings (SSSR count). The fourth-order valence-electron chi connectivity index (χ4n) is 2.38. The van der Waals surface area contributed by atoms with Crippen LogP contribution in [0.4, 0.5) is 5.69 Å². The molecule has 0 fully saturated rings. The Morgan fingerprint density at radius 1 is 1.15 bits per heavy atom. The van der Waals surface area contributed by atoms with E-state index in [1.165, 1.54) is 26.6 Å². The number of carbonyl (C=O) groups excluding carboxylic acids is 1. The molecule has 0 aliphatic rings. The molecule has 1 aromatic carbocycles. The van der Waals surface area contributed by atoms with Crippen molar-refractivity contribution in [1.82, 2.24) is 15.0 Å². The van der Waals surface area contributed by atoms with Crippen LogP contribution in [-0.4, -0.2) is 41.0 Å².